The first-order valence-electron chi connectivity index (χ1n) is 4.65. The normalized spacial score (nSPS) is 7.24. The third-order valence-electron chi connectivity index (χ3n) is 1.62. The van der Waals surface area contributed by atoms with Gasteiger partial charge in [-0.3, -0.25) is 0 Å². The minimum Gasteiger partial charge on any atom is -0.504 e. The van der Waals surface area contributed by atoms with Gasteiger partial charge in [0.1, 0.15) is 0 Å². The van der Waals surface area contributed by atoms with Crippen molar-refractivity contribution in [2.24, 2.45) is 0 Å². The van der Waals surface area contributed by atoms with Crippen LogP contribution in [0.1, 0.15) is 18.9 Å². The Labute approximate surface area is 99.2 Å². The highest BCUT2D eigenvalue weighted by molar-refractivity contribution is 5.44. The standard InChI is InChI=1S/C9H12O2.2CHNO/c1-2-4-7-5-3-6-8(10)9(7)11;2*2-1-3/h3,5-6,10-11H,2,4H2,1H3;2*3H. The molecule has 0 heterocycles. The molecule has 0 saturated carbocycles. The Kier molecular flexibility index (Phi) is 11.4. The number of aliphatic hydroxyl groups is 2. The van der Waals surface area contributed by atoms with Crippen LogP contribution < -0.4 is 0 Å². The Morgan fingerprint density at radius 3 is 2.00 bits per heavy atom. The van der Waals surface area contributed by atoms with Gasteiger partial charge in [-0.1, -0.05) is 25.5 Å². The van der Waals surface area contributed by atoms with Crippen molar-refractivity contribution in [3.63, 3.8) is 0 Å². The Hall–Kier alpha value is -2.60. The molecule has 0 atom stereocenters. The molecule has 0 saturated heterocycles. The fraction of sp³-hybridized carbons (Fsp3) is 0.273. The van der Waals surface area contributed by atoms with Gasteiger partial charge in [-0.15, -0.1) is 0 Å². The highest BCUT2D eigenvalue weighted by Crippen LogP contribution is 2.28. The van der Waals surface area contributed by atoms with Crippen molar-refractivity contribution in [2.75, 3.05) is 0 Å². The van der Waals surface area contributed by atoms with E-state index in [2.05, 4.69) is 0 Å². The molecule has 0 radical (unpaired) electrons. The van der Waals surface area contributed by atoms with Crippen molar-refractivity contribution < 1.29 is 20.4 Å². The molecule has 17 heavy (non-hydrogen) atoms. The number of benzene rings is 1. The fourth-order valence-electron chi connectivity index (χ4n) is 1.05. The Morgan fingerprint density at radius 2 is 1.59 bits per heavy atom. The summed E-state index contributed by atoms with van der Waals surface area (Å²) in [7, 11) is 0. The summed E-state index contributed by atoms with van der Waals surface area (Å²) in [6, 6.07) is 5.03. The number of hydrogen-bond donors (Lipinski definition) is 4. The Morgan fingerprint density at radius 1 is 1.12 bits per heavy atom. The molecule has 0 fully saturated rings. The van der Waals surface area contributed by atoms with Gasteiger partial charge < -0.3 is 20.4 Å². The van der Waals surface area contributed by atoms with Gasteiger partial charge in [0.2, 0.25) is 0 Å². The van der Waals surface area contributed by atoms with Crippen LogP contribution in [0.5, 0.6) is 11.5 Å². The third-order valence-corrected chi connectivity index (χ3v) is 1.62. The van der Waals surface area contributed by atoms with Crippen molar-refractivity contribution in [1.29, 1.82) is 10.5 Å². The van der Waals surface area contributed by atoms with E-state index >= 15 is 0 Å². The molecule has 92 valence electrons. The fourth-order valence-corrected chi connectivity index (χ4v) is 1.05. The number of aromatic hydroxyl groups is 2. The molecular weight excluding hydrogens is 224 g/mol. The van der Waals surface area contributed by atoms with Crippen LogP contribution in [0.3, 0.4) is 0 Å². The predicted octanol–water partition coefficient (Wildman–Crippen LogP) is 1.73. The minimum absolute atomic E-state index is 0.0225. The van der Waals surface area contributed by atoms with Crippen LogP contribution in [0.15, 0.2) is 18.2 Å². The molecule has 0 aliphatic carbocycles. The van der Waals surface area contributed by atoms with E-state index in [4.69, 9.17) is 25.8 Å². The van der Waals surface area contributed by atoms with Gasteiger partial charge in [0.05, 0.1) is 0 Å². The molecule has 0 spiro atoms. The summed E-state index contributed by atoms with van der Waals surface area (Å²) in [6.45, 7) is 2.03. The van der Waals surface area contributed by atoms with Crippen molar-refractivity contribution in [2.45, 2.75) is 19.8 Å². The van der Waals surface area contributed by atoms with Gasteiger partial charge in [-0.05, 0) is 18.1 Å². The maximum absolute atomic E-state index is 9.28. The molecule has 0 bridgehead atoms. The van der Waals surface area contributed by atoms with E-state index in [9.17, 15) is 5.11 Å². The second kappa shape index (κ2) is 11.5. The largest absolute Gasteiger partial charge is 0.504 e. The molecule has 0 unspecified atom stereocenters. The molecule has 0 aliphatic rings. The van der Waals surface area contributed by atoms with Crippen LogP contribution in [0.25, 0.3) is 0 Å². The average Bonchev–Trinajstić information content (AvgIpc) is 2.27. The number of aliphatic hydroxyl groups excluding tert-OH is 2. The summed E-state index contributed by atoms with van der Waals surface area (Å²) in [5.74, 6) is -0.00898. The molecule has 1 aromatic carbocycles. The molecule has 6 nitrogen and oxygen atoms in total. The van der Waals surface area contributed by atoms with Crippen LogP contribution >= 0.6 is 0 Å². The monoisotopic (exact) mass is 238 g/mol. The van der Waals surface area contributed by atoms with E-state index in [1.54, 1.807) is 6.07 Å². The van der Waals surface area contributed by atoms with Crippen LogP contribution in [-0.4, -0.2) is 20.4 Å². The number of nitriles is 2. The van der Waals surface area contributed by atoms with Crippen molar-refractivity contribution in [3.05, 3.63) is 23.8 Å². The van der Waals surface area contributed by atoms with Gasteiger partial charge >= 0.3 is 0 Å². The summed E-state index contributed by atoms with van der Waals surface area (Å²) >= 11 is 0. The number of aryl methyl sites for hydroxylation is 1. The molecule has 1 aromatic rings. The van der Waals surface area contributed by atoms with Crippen molar-refractivity contribution >= 4 is 0 Å². The van der Waals surface area contributed by atoms with E-state index in [0.29, 0.717) is 0 Å². The quantitative estimate of drug-likeness (QED) is 0.458. The first-order valence-corrected chi connectivity index (χ1v) is 4.65. The zero-order valence-corrected chi connectivity index (χ0v) is 9.33. The number of para-hydroxylation sites is 1. The van der Waals surface area contributed by atoms with Gasteiger partial charge in [-0.2, -0.15) is 10.5 Å². The molecule has 0 amide bonds. The third kappa shape index (κ3) is 8.40. The molecular formula is C11H14N2O4. The first kappa shape index (κ1) is 16.8. The Balaban J connectivity index is 0. The van der Waals surface area contributed by atoms with Crippen LogP contribution in [0, 0.1) is 23.0 Å². The molecule has 6 heteroatoms. The van der Waals surface area contributed by atoms with E-state index < -0.39 is 0 Å². The number of phenolic OH excluding ortho intramolecular Hbond substituents is 2. The molecule has 1 rings (SSSR count). The average molecular weight is 238 g/mol. The van der Waals surface area contributed by atoms with Gasteiger partial charge in [0, 0.05) is 0 Å². The van der Waals surface area contributed by atoms with Gasteiger partial charge in [0.15, 0.2) is 11.5 Å². The maximum Gasteiger partial charge on any atom is 0.283 e. The van der Waals surface area contributed by atoms with Crippen LogP contribution in [0.2, 0.25) is 0 Å². The smallest absolute Gasteiger partial charge is 0.283 e. The topological polar surface area (TPSA) is 128 Å². The maximum atomic E-state index is 9.28. The molecule has 0 aromatic heterocycles. The van der Waals surface area contributed by atoms with Crippen molar-refractivity contribution in [1.82, 2.24) is 0 Å². The zero-order chi connectivity index (χ0) is 13.7. The van der Waals surface area contributed by atoms with Gasteiger partial charge in [0.25, 0.3) is 12.5 Å². The van der Waals surface area contributed by atoms with Crippen LogP contribution in [-0.2, 0) is 6.42 Å². The van der Waals surface area contributed by atoms with E-state index in [1.807, 2.05) is 13.0 Å². The lowest BCUT2D eigenvalue weighted by Crippen LogP contribution is -1.83. The lowest BCUT2D eigenvalue weighted by atomic mass is 10.1. The Bertz CT molecular complexity index is 381. The highest BCUT2D eigenvalue weighted by Gasteiger charge is 2.02. The van der Waals surface area contributed by atoms with E-state index in [-0.39, 0.29) is 11.5 Å². The summed E-state index contributed by atoms with van der Waals surface area (Å²) in [6.07, 6.45) is 3.28. The number of nitrogens with zero attached hydrogens (tertiary/aromatic N) is 2. The van der Waals surface area contributed by atoms with Gasteiger partial charge in [-0.25, -0.2) is 0 Å². The summed E-state index contributed by atoms with van der Waals surface area (Å²) in [5.41, 5.74) is 0.813. The predicted molar refractivity (Wildman–Crippen MR) is 58.9 cm³/mol. The summed E-state index contributed by atoms with van der Waals surface area (Å²) in [4.78, 5) is 0. The second-order valence-corrected chi connectivity index (χ2v) is 2.73. The van der Waals surface area contributed by atoms with E-state index in [1.165, 1.54) is 6.07 Å². The SMILES string of the molecule is CCCc1cccc(O)c1O.N#CO.N#CO. The summed E-state index contributed by atoms with van der Waals surface area (Å²) in [5, 5.41) is 45.9. The summed E-state index contributed by atoms with van der Waals surface area (Å²) < 4.78 is 0. The first-order chi connectivity index (χ1) is 8.08. The minimum atomic E-state index is -0.0315. The number of hydrogen-bond acceptors (Lipinski definition) is 6. The van der Waals surface area contributed by atoms with Crippen LogP contribution in [0.4, 0.5) is 0 Å². The van der Waals surface area contributed by atoms with E-state index in [0.717, 1.165) is 30.9 Å². The van der Waals surface area contributed by atoms with Crippen molar-refractivity contribution in [3.8, 4) is 24.0 Å². The zero-order valence-electron chi connectivity index (χ0n) is 9.33. The lowest BCUT2D eigenvalue weighted by Gasteiger charge is -2.03. The molecule has 0 aliphatic heterocycles. The lowest BCUT2D eigenvalue weighted by molar-refractivity contribution is 0.399. The second-order valence-electron chi connectivity index (χ2n) is 2.73. The number of phenols is 2. The number of rotatable bonds is 2. The molecule has 4 N–H and O–H groups in total. The highest BCUT2D eigenvalue weighted by atomic mass is 16.3.